The maximum atomic E-state index is 5.66. The predicted molar refractivity (Wildman–Crippen MR) is 79.6 cm³/mol. The van der Waals surface area contributed by atoms with Crippen LogP contribution in [0.2, 0.25) is 0 Å². The van der Waals surface area contributed by atoms with E-state index in [0.29, 0.717) is 6.61 Å². The number of halogens is 1. The van der Waals surface area contributed by atoms with Crippen LogP contribution in [-0.2, 0) is 4.74 Å². The lowest BCUT2D eigenvalue weighted by atomic mass is 10.2. The lowest BCUT2D eigenvalue weighted by molar-refractivity contribution is 0.153. The Balaban J connectivity index is 1.62. The van der Waals surface area contributed by atoms with Crippen molar-refractivity contribution in [2.45, 2.75) is 0 Å². The fourth-order valence-electron chi connectivity index (χ4n) is 2.80. The zero-order valence-corrected chi connectivity index (χ0v) is 12.4. The fourth-order valence-corrected chi connectivity index (χ4v) is 3.17. The van der Waals surface area contributed by atoms with Gasteiger partial charge in [-0.15, -0.1) is 0 Å². The van der Waals surface area contributed by atoms with E-state index in [1.54, 1.807) is 6.08 Å². The molecule has 19 heavy (non-hydrogen) atoms. The predicted octanol–water partition coefficient (Wildman–Crippen LogP) is 3.32. The molecule has 1 aliphatic heterocycles. The Hall–Kier alpha value is -1.00. The van der Waals surface area contributed by atoms with Crippen molar-refractivity contribution >= 4 is 21.6 Å². The highest BCUT2D eigenvalue weighted by atomic mass is 79.9. The summed E-state index contributed by atoms with van der Waals surface area (Å²) in [6.07, 6.45) is 1.76. The quantitative estimate of drug-likeness (QED) is 0.815. The first-order chi connectivity index (χ1) is 9.29. The second-order valence-electron chi connectivity index (χ2n) is 5.15. The fraction of sp³-hybridized carbons (Fsp3) is 0.467. The molecule has 0 amide bonds. The van der Waals surface area contributed by atoms with Gasteiger partial charge in [-0.3, -0.25) is 0 Å². The third-order valence-electron chi connectivity index (χ3n) is 3.96. The maximum Gasteiger partial charge on any atom is 0.142 e. The molecule has 1 saturated carbocycles. The molecule has 1 heterocycles. The van der Waals surface area contributed by atoms with Gasteiger partial charge in [0.15, 0.2) is 0 Å². The van der Waals surface area contributed by atoms with Gasteiger partial charge in [0.05, 0.1) is 18.9 Å². The van der Waals surface area contributed by atoms with Crippen LogP contribution in [0.3, 0.4) is 0 Å². The number of benzene rings is 1. The maximum absolute atomic E-state index is 5.66. The van der Waals surface area contributed by atoms with Crippen molar-refractivity contribution in [1.82, 2.24) is 0 Å². The first kappa shape index (κ1) is 13.0. The topological polar surface area (TPSA) is 30.5 Å². The normalized spacial score (nSPS) is 27.7. The van der Waals surface area contributed by atoms with Crippen LogP contribution in [0.1, 0.15) is 0 Å². The molecule has 4 heteroatoms. The first-order valence-corrected chi connectivity index (χ1v) is 7.43. The van der Waals surface area contributed by atoms with E-state index in [2.05, 4.69) is 33.9 Å². The summed E-state index contributed by atoms with van der Waals surface area (Å²) in [6.45, 7) is 7.08. The van der Waals surface area contributed by atoms with Crippen LogP contribution < -0.4 is 10.1 Å². The molecule has 1 aliphatic carbocycles. The summed E-state index contributed by atoms with van der Waals surface area (Å²) >= 11 is 3.50. The molecule has 0 bridgehead atoms. The van der Waals surface area contributed by atoms with Gasteiger partial charge in [0, 0.05) is 11.0 Å². The number of hydrogen-bond acceptors (Lipinski definition) is 3. The first-order valence-electron chi connectivity index (χ1n) is 6.64. The molecule has 1 aromatic rings. The van der Waals surface area contributed by atoms with Crippen molar-refractivity contribution in [2.24, 2.45) is 17.8 Å². The Morgan fingerprint density at radius 3 is 2.95 bits per heavy atom. The highest BCUT2D eigenvalue weighted by Gasteiger charge is 2.53. The standard InChI is InChI=1S/C15H18BrNO2/c1-2-5-19-15-4-3-10(16)6-14(15)17-7-11-12-8-18-9-13(11)12/h2-4,6,11-13,17H,1,5,7-9H2. The zero-order valence-electron chi connectivity index (χ0n) is 10.8. The van der Waals surface area contributed by atoms with Crippen molar-refractivity contribution in [3.63, 3.8) is 0 Å². The lowest BCUT2D eigenvalue weighted by Crippen LogP contribution is -2.11. The summed E-state index contributed by atoms with van der Waals surface area (Å²) in [5.74, 6) is 3.19. The van der Waals surface area contributed by atoms with E-state index in [1.165, 1.54) is 0 Å². The van der Waals surface area contributed by atoms with Gasteiger partial charge in [-0.1, -0.05) is 28.6 Å². The minimum Gasteiger partial charge on any atom is -0.487 e. The van der Waals surface area contributed by atoms with E-state index in [1.807, 2.05) is 12.1 Å². The van der Waals surface area contributed by atoms with Crippen LogP contribution in [-0.4, -0.2) is 26.4 Å². The molecule has 2 unspecified atom stereocenters. The number of hydrogen-bond donors (Lipinski definition) is 1. The molecule has 1 N–H and O–H groups in total. The van der Waals surface area contributed by atoms with E-state index in [-0.39, 0.29) is 0 Å². The summed E-state index contributed by atoms with van der Waals surface area (Å²) in [4.78, 5) is 0. The second kappa shape index (κ2) is 5.55. The minimum atomic E-state index is 0.527. The Morgan fingerprint density at radius 2 is 2.21 bits per heavy atom. The largest absolute Gasteiger partial charge is 0.487 e. The van der Waals surface area contributed by atoms with Gasteiger partial charge in [-0.05, 0) is 36.0 Å². The number of ether oxygens (including phenoxy) is 2. The Kier molecular flexibility index (Phi) is 3.80. The van der Waals surface area contributed by atoms with Crippen molar-refractivity contribution in [1.29, 1.82) is 0 Å². The van der Waals surface area contributed by atoms with Gasteiger partial charge in [0.1, 0.15) is 12.4 Å². The van der Waals surface area contributed by atoms with E-state index < -0.39 is 0 Å². The molecule has 102 valence electrons. The summed E-state index contributed by atoms with van der Waals surface area (Å²) in [7, 11) is 0. The van der Waals surface area contributed by atoms with Gasteiger partial charge in [-0.25, -0.2) is 0 Å². The molecule has 1 aromatic carbocycles. The molecule has 3 nitrogen and oxygen atoms in total. The summed E-state index contributed by atoms with van der Waals surface area (Å²) in [5.41, 5.74) is 1.04. The van der Waals surface area contributed by atoms with E-state index >= 15 is 0 Å². The average Bonchev–Trinajstić information content (AvgIpc) is 2.84. The van der Waals surface area contributed by atoms with E-state index in [0.717, 1.165) is 53.4 Å². The van der Waals surface area contributed by atoms with Gasteiger partial charge in [-0.2, -0.15) is 0 Å². The van der Waals surface area contributed by atoms with Crippen LogP contribution in [0.5, 0.6) is 5.75 Å². The number of anilines is 1. The molecule has 0 spiro atoms. The molecule has 0 radical (unpaired) electrons. The molecule has 1 saturated heterocycles. The second-order valence-corrected chi connectivity index (χ2v) is 6.07. The monoisotopic (exact) mass is 323 g/mol. The number of rotatable bonds is 6. The highest BCUT2D eigenvalue weighted by molar-refractivity contribution is 9.10. The Labute approximate surface area is 122 Å². The highest BCUT2D eigenvalue weighted by Crippen LogP contribution is 2.50. The third kappa shape index (κ3) is 2.79. The Bertz CT molecular complexity index is 467. The van der Waals surface area contributed by atoms with Crippen LogP contribution in [0.4, 0.5) is 5.69 Å². The molecular formula is C15H18BrNO2. The molecule has 2 fully saturated rings. The zero-order chi connectivity index (χ0) is 13.2. The van der Waals surface area contributed by atoms with E-state index in [4.69, 9.17) is 9.47 Å². The molecule has 3 rings (SSSR count). The van der Waals surface area contributed by atoms with Crippen molar-refractivity contribution < 1.29 is 9.47 Å². The van der Waals surface area contributed by atoms with Crippen molar-refractivity contribution in [3.05, 3.63) is 35.3 Å². The third-order valence-corrected chi connectivity index (χ3v) is 4.45. The van der Waals surface area contributed by atoms with Crippen molar-refractivity contribution in [2.75, 3.05) is 31.7 Å². The number of nitrogens with one attached hydrogen (secondary N) is 1. The smallest absolute Gasteiger partial charge is 0.142 e. The Morgan fingerprint density at radius 1 is 1.42 bits per heavy atom. The number of fused-ring (bicyclic) bond motifs is 1. The lowest BCUT2D eigenvalue weighted by Gasteiger charge is -2.13. The summed E-state index contributed by atoms with van der Waals surface area (Å²) in [6, 6.07) is 6.03. The van der Waals surface area contributed by atoms with Gasteiger partial charge in [0.25, 0.3) is 0 Å². The summed E-state index contributed by atoms with van der Waals surface area (Å²) < 4.78 is 12.1. The molecule has 0 aromatic heterocycles. The van der Waals surface area contributed by atoms with Gasteiger partial charge >= 0.3 is 0 Å². The molecular weight excluding hydrogens is 306 g/mol. The van der Waals surface area contributed by atoms with Crippen LogP contribution in [0, 0.1) is 17.8 Å². The molecule has 2 aliphatic rings. The average molecular weight is 324 g/mol. The minimum absolute atomic E-state index is 0.527. The van der Waals surface area contributed by atoms with Gasteiger partial charge < -0.3 is 14.8 Å². The van der Waals surface area contributed by atoms with Crippen LogP contribution in [0.25, 0.3) is 0 Å². The van der Waals surface area contributed by atoms with Crippen molar-refractivity contribution in [3.8, 4) is 5.75 Å². The van der Waals surface area contributed by atoms with Crippen LogP contribution in [0.15, 0.2) is 35.3 Å². The van der Waals surface area contributed by atoms with E-state index in [9.17, 15) is 0 Å². The van der Waals surface area contributed by atoms with Gasteiger partial charge in [0.2, 0.25) is 0 Å². The molecule has 2 atom stereocenters. The SMILES string of the molecule is C=CCOc1ccc(Br)cc1NCC1C2COCC12. The van der Waals surface area contributed by atoms with Crippen LogP contribution >= 0.6 is 15.9 Å². The summed E-state index contributed by atoms with van der Waals surface area (Å²) in [5, 5.41) is 3.51.